The van der Waals surface area contributed by atoms with Crippen molar-refractivity contribution in [1.29, 1.82) is 0 Å². The highest BCUT2D eigenvalue weighted by Gasteiger charge is 2.14. The molecule has 4 nitrogen and oxygen atoms in total. The molecule has 0 radical (unpaired) electrons. The SMILES string of the molecule is Cc1ccc2ccccc2c1Nc1nc2ccc(F)cc2c2c(=O)[nH]ccc12. The fraction of sp³-hybridized carbons (Fsp3) is 0.0435. The van der Waals surface area contributed by atoms with Gasteiger partial charge in [0.25, 0.3) is 5.56 Å². The Labute approximate surface area is 159 Å². The predicted molar refractivity (Wildman–Crippen MR) is 112 cm³/mol. The monoisotopic (exact) mass is 369 g/mol. The standard InChI is InChI=1S/C23H16FN3O/c1-13-6-7-14-4-2-3-5-16(14)21(13)27-22-17-10-11-25-23(28)20(17)18-12-15(24)8-9-19(18)26-22/h2-12H,1H3,(H,25,28)(H,26,27). The van der Waals surface area contributed by atoms with Gasteiger partial charge in [0.1, 0.15) is 11.6 Å². The number of halogens is 1. The molecule has 2 N–H and O–H groups in total. The average Bonchev–Trinajstić information content (AvgIpc) is 2.70. The molecule has 0 saturated carbocycles. The maximum atomic E-state index is 13.8. The smallest absolute Gasteiger partial charge is 0.256 e. The zero-order valence-corrected chi connectivity index (χ0v) is 15.1. The lowest BCUT2D eigenvalue weighted by Crippen LogP contribution is -2.08. The first-order valence-corrected chi connectivity index (χ1v) is 8.98. The molecule has 2 heterocycles. The molecule has 2 aromatic heterocycles. The molecule has 0 aliphatic carbocycles. The van der Waals surface area contributed by atoms with Gasteiger partial charge in [0, 0.05) is 22.4 Å². The van der Waals surface area contributed by atoms with Gasteiger partial charge in [0.05, 0.1) is 16.6 Å². The molecular weight excluding hydrogens is 353 g/mol. The van der Waals surface area contributed by atoms with Gasteiger partial charge < -0.3 is 10.3 Å². The van der Waals surface area contributed by atoms with Crippen LogP contribution in [0, 0.1) is 12.7 Å². The van der Waals surface area contributed by atoms with Crippen molar-refractivity contribution in [1.82, 2.24) is 9.97 Å². The van der Waals surface area contributed by atoms with Crippen molar-refractivity contribution in [3.05, 3.63) is 88.6 Å². The van der Waals surface area contributed by atoms with Crippen LogP contribution in [0.3, 0.4) is 0 Å². The summed E-state index contributed by atoms with van der Waals surface area (Å²) in [5, 5.41) is 7.19. The molecule has 0 bridgehead atoms. The molecule has 136 valence electrons. The number of nitrogens with one attached hydrogen (secondary N) is 2. The summed E-state index contributed by atoms with van der Waals surface area (Å²) in [5.74, 6) is 0.170. The number of rotatable bonds is 2. The lowest BCUT2D eigenvalue weighted by Gasteiger charge is -2.15. The summed E-state index contributed by atoms with van der Waals surface area (Å²) in [7, 11) is 0. The van der Waals surface area contributed by atoms with Gasteiger partial charge in [-0.3, -0.25) is 4.79 Å². The van der Waals surface area contributed by atoms with Crippen LogP contribution in [0.1, 0.15) is 5.56 Å². The highest BCUT2D eigenvalue weighted by molar-refractivity contribution is 6.11. The molecule has 0 spiro atoms. The molecule has 0 amide bonds. The number of pyridine rings is 2. The Morgan fingerprint density at radius 1 is 0.964 bits per heavy atom. The minimum absolute atomic E-state index is 0.270. The summed E-state index contributed by atoms with van der Waals surface area (Å²) in [6.45, 7) is 2.03. The van der Waals surface area contributed by atoms with Gasteiger partial charge in [-0.2, -0.15) is 0 Å². The quantitative estimate of drug-likeness (QED) is 0.409. The fourth-order valence-corrected chi connectivity index (χ4v) is 3.69. The van der Waals surface area contributed by atoms with E-state index in [1.54, 1.807) is 18.3 Å². The zero-order chi connectivity index (χ0) is 19.3. The second-order valence-electron chi connectivity index (χ2n) is 6.82. The van der Waals surface area contributed by atoms with E-state index in [0.29, 0.717) is 27.5 Å². The van der Waals surface area contributed by atoms with Gasteiger partial charge in [0.15, 0.2) is 0 Å². The number of hydrogen-bond donors (Lipinski definition) is 2. The Bertz CT molecular complexity index is 1440. The maximum Gasteiger partial charge on any atom is 0.256 e. The van der Waals surface area contributed by atoms with Gasteiger partial charge in [-0.05, 0) is 42.1 Å². The molecule has 5 heteroatoms. The zero-order valence-electron chi connectivity index (χ0n) is 15.1. The second-order valence-corrected chi connectivity index (χ2v) is 6.82. The minimum Gasteiger partial charge on any atom is -0.339 e. The van der Waals surface area contributed by atoms with Crippen molar-refractivity contribution < 1.29 is 4.39 Å². The molecule has 28 heavy (non-hydrogen) atoms. The highest BCUT2D eigenvalue weighted by Crippen LogP contribution is 2.33. The third-order valence-corrected chi connectivity index (χ3v) is 5.06. The van der Waals surface area contributed by atoms with Crippen LogP contribution in [-0.4, -0.2) is 9.97 Å². The first-order chi connectivity index (χ1) is 13.6. The number of benzene rings is 3. The maximum absolute atomic E-state index is 13.8. The van der Waals surface area contributed by atoms with E-state index >= 15 is 0 Å². The van der Waals surface area contributed by atoms with Crippen LogP contribution in [0.4, 0.5) is 15.9 Å². The van der Waals surface area contributed by atoms with Crippen LogP contribution in [-0.2, 0) is 0 Å². The van der Waals surface area contributed by atoms with E-state index in [1.165, 1.54) is 12.1 Å². The largest absolute Gasteiger partial charge is 0.339 e. The van der Waals surface area contributed by atoms with E-state index in [4.69, 9.17) is 4.98 Å². The summed E-state index contributed by atoms with van der Waals surface area (Å²) in [6.07, 6.45) is 1.58. The first kappa shape index (κ1) is 16.4. The van der Waals surface area contributed by atoms with Gasteiger partial charge in [-0.1, -0.05) is 36.4 Å². The Morgan fingerprint density at radius 3 is 2.71 bits per heavy atom. The summed E-state index contributed by atoms with van der Waals surface area (Å²) in [6, 6.07) is 18.3. The summed E-state index contributed by atoms with van der Waals surface area (Å²) in [5.41, 5.74) is 2.30. The first-order valence-electron chi connectivity index (χ1n) is 8.98. The number of nitrogens with zero attached hydrogens (tertiary/aromatic N) is 1. The number of aromatic nitrogens is 2. The van der Waals surface area contributed by atoms with E-state index < -0.39 is 5.82 Å². The number of aromatic amines is 1. The van der Waals surface area contributed by atoms with E-state index in [2.05, 4.69) is 34.6 Å². The number of anilines is 2. The Morgan fingerprint density at radius 2 is 1.82 bits per heavy atom. The molecule has 3 aromatic carbocycles. The van der Waals surface area contributed by atoms with Crippen LogP contribution in [0.5, 0.6) is 0 Å². The Balaban J connectivity index is 1.83. The van der Waals surface area contributed by atoms with Crippen molar-refractivity contribution in [3.63, 3.8) is 0 Å². The van der Waals surface area contributed by atoms with Crippen LogP contribution < -0.4 is 10.9 Å². The van der Waals surface area contributed by atoms with Gasteiger partial charge in [-0.15, -0.1) is 0 Å². The normalized spacial score (nSPS) is 11.4. The lowest BCUT2D eigenvalue weighted by molar-refractivity contribution is 0.629. The molecule has 0 aliphatic rings. The Hall–Kier alpha value is -3.73. The molecule has 0 fully saturated rings. The van der Waals surface area contributed by atoms with Crippen molar-refractivity contribution in [2.45, 2.75) is 6.92 Å². The average molecular weight is 369 g/mol. The third-order valence-electron chi connectivity index (χ3n) is 5.06. The molecule has 5 aromatic rings. The van der Waals surface area contributed by atoms with E-state index in [9.17, 15) is 9.18 Å². The van der Waals surface area contributed by atoms with E-state index in [-0.39, 0.29) is 5.56 Å². The van der Waals surface area contributed by atoms with Crippen molar-refractivity contribution in [3.8, 4) is 0 Å². The molecule has 0 unspecified atom stereocenters. The van der Waals surface area contributed by atoms with Gasteiger partial charge >= 0.3 is 0 Å². The van der Waals surface area contributed by atoms with Gasteiger partial charge in [0.2, 0.25) is 0 Å². The number of fused-ring (bicyclic) bond motifs is 4. The third kappa shape index (κ3) is 2.52. The van der Waals surface area contributed by atoms with Crippen molar-refractivity contribution in [2.75, 3.05) is 5.32 Å². The molecule has 0 aliphatic heterocycles. The molecular formula is C23H16FN3O. The minimum atomic E-state index is -0.399. The topological polar surface area (TPSA) is 57.8 Å². The number of hydrogen-bond acceptors (Lipinski definition) is 3. The highest BCUT2D eigenvalue weighted by atomic mass is 19.1. The fourth-order valence-electron chi connectivity index (χ4n) is 3.69. The summed E-state index contributed by atoms with van der Waals surface area (Å²) in [4.78, 5) is 19.9. The second kappa shape index (κ2) is 6.16. The molecule has 5 rings (SSSR count). The predicted octanol–water partition coefficient (Wildman–Crippen LogP) is 5.42. The summed E-state index contributed by atoms with van der Waals surface area (Å²) >= 11 is 0. The van der Waals surface area contributed by atoms with Crippen molar-refractivity contribution in [2.24, 2.45) is 0 Å². The van der Waals surface area contributed by atoms with Gasteiger partial charge in [-0.25, -0.2) is 9.37 Å². The van der Waals surface area contributed by atoms with E-state index in [0.717, 1.165) is 22.0 Å². The van der Waals surface area contributed by atoms with Crippen LogP contribution >= 0.6 is 0 Å². The van der Waals surface area contributed by atoms with Crippen molar-refractivity contribution >= 4 is 44.0 Å². The van der Waals surface area contributed by atoms with Crippen LogP contribution in [0.25, 0.3) is 32.4 Å². The van der Waals surface area contributed by atoms with Crippen LogP contribution in [0.2, 0.25) is 0 Å². The van der Waals surface area contributed by atoms with Crippen LogP contribution in [0.15, 0.2) is 71.7 Å². The Kier molecular flexibility index (Phi) is 3.62. The number of aryl methyl sites for hydroxylation is 1. The lowest BCUT2D eigenvalue weighted by atomic mass is 10.0. The molecule has 0 saturated heterocycles. The van der Waals surface area contributed by atoms with E-state index in [1.807, 2.05) is 19.1 Å². The summed E-state index contributed by atoms with van der Waals surface area (Å²) < 4.78 is 13.8. The molecule has 0 atom stereocenters. The number of H-pyrrole nitrogens is 1.